The van der Waals surface area contributed by atoms with Gasteiger partial charge in [0, 0.05) is 4.92 Å². The molecule has 0 aliphatic heterocycles. The lowest BCUT2D eigenvalue weighted by molar-refractivity contribution is -0.483. The second kappa shape index (κ2) is 6.22. The molecule has 1 rings (SSSR count). The van der Waals surface area contributed by atoms with E-state index in [1.165, 1.54) is 11.3 Å². The fourth-order valence-corrected chi connectivity index (χ4v) is 2.14. The second-order valence-electron chi connectivity index (χ2n) is 3.28. The Hall–Kier alpha value is -1.43. The summed E-state index contributed by atoms with van der Waals surface area (Å²) in [5, 5.41) is 14.2. The number of nitrogens with zero attached hydrogens (tertiary/aromatic N) is 1. The maximum atomic E-state index is 11.3. The first-order valence-corrected chi connectivity index (χ1v) is 5.87. The normalized spacial score (nSPS) is 12.1. The van der Waals surface area contributed by atoms with Crippen molar-refractivity contribution in [1.29, 1.82) is 0 Å². The van der Waals surface area contributed by atoms with E-state index in [4.69, 9.17) is 4.74 Å². The van der Waals surface area contributed by atoms with Crippen LogP contribution in [0.2, 0.25) is 0 Å². The topological polar surface area (TPSA) is 69.4 Å². The van der Waals surface area contributed by atoms with Crippen LogP contribution in [0.5, 0.6) is 0 Å². The van der Waals surface area contributed by atoms with E-state index < -0.39 is 4.92 Å². The van der Waals surface area contributed by atoms with Crippen LogP contribution < -0.4 is 0 Å². The fraction of sp³-hybridized carbons (Fsp3) is 0.500. The Kier molecular flexibility index (Phi) is 4.91. The summed E-state index contributed by atoms with van der Waals surface area (Å²) < 4.78 is 4.79. The average molecular weight is 243 g/mol. The standard InChI is InChI=1S/C10H13NO4S/c1-2-15-10(12)5-9(6-11(13)14)8-3-4-16-7-8/h3-4,7,9H,2,5-6H2,1H3/t9-/m0/s1. The average Bonchev–Trinajstić information content (AvgIpc) is 2.68. The van der Waals surface area contributed by atoms with Crippen molar-refractivity contribution in [3.05, 3.63) is 32.5 Å². The van der Waals surface area contributed by atoms with Gasteiger partial charge in [0.25, 0.3) is 0 Å². The van der Waals surface area contributed by atoms with Gasteiger partial charge in [-0.25, -0.2) is 0 Å². The van der Waals surface area contributed by atoms with Crippen LogP contribution >= 0.6 is 11.3 Å². The second-order valence-corrected chi connectivity index (χ2v) is 4.06. The summed E-state index contributed by atoms with van der Waals surface area (Å²) in [4.78, 5) is 21.4. The molecule has 0 bridgehead atoms. The summed E-state index contributed by atoms with van der Waals surface area (Å²) in [7, 11) is 0. The molecule has 0 N–H and O–H groups in total. The Morgan fingerprint density at radius 2 is 2.44 bits per heavy atom. The zero-order valence-corrected chi connectivity index (χ0v) is 9.74. The van der Waals surface area contributed by atoms with Gasteiger partial charge in [0.05, 0.1) is 18.9 Å². The number of carbonyl (C=O) groups excluding carboxylic acids is 1. The summed E-state index contributed by atoms with van der Waals surface area (Å²) in [5.41, 5.74) is 0.828. The van der Waals surface area contributed by atoms with Gasteiger partial charge >= 0.3 is 5.97 Å². The summed E-state index contributed by atoms with van der Waals surface area (Å²) in [5.74, 6) is -0.777. The number of esters is 1. The first kappa shape index (κ1) is 12.6. The third-order valence-corrected chi connectivity index (χ3v) is 2.80. The molecular formula is C10H13NO4S. The van der Waals surface area contributed by atoms with Crippen molar-refractivity contribution in [1.82, 2.24) is 0 Å². The van der Waals surface area contributed by atoms with Crippen LogP contribution in [0.3, 0.4) is 0 Å². The van der Waals surface area contributed by atoms with Crippen LogP contribution in [0.1, 0.15) is 24.8 Å². The van der Waals surface area contributed by atoms with Crippen LogP contribution in [0.25, 0.3) is 0 Å². The molecule has 0 aromatic carbocycles. The molecule has 0 unspecified atom stereocenters. The van der Waals surface area contributed by atoms with Gasteiger partial charge in [0.15, 0.2) is 0 Å². The van der Waals surface area contributed by atoms with Gasteiger partial charge in [-0.05, 0) is 29.3 Å². The van der Waals surface area contributed by atoms with E-state index in [-0.39, 0.29) is 24.9 Å². The molecule has 0 radical (unpaired) electrons. The van der Waals surface area contributed by atoms with Crippen molar-refractivity contribution in [2.24, 2.45) is 0 Å². The Bertz CT molecular complexity index is 350. The van der Waals surface area contributed by atoms with Crippen LogP contribution in [0, 0.1) is 10.1 Å². The van der Waals surface area contributed by atoms with Gasteiger partial charge in [-0.15, -0.1) is 0 Å². The quantitative estimate of drug-likeness (QED) is 0.435. The number of rotatable bonds is 6. The molecule has 0 saturated carbocycles. The summed E-state index contributed by atoms with van der Waals surface area (Å²) in [6.45, 7) is 1.77. The smallest absolute Gasteiger partial charge is 0.306 e. The molecule has 6 heteroatoms. The molecule has 0 spiro atoms. The third kappa shape index (κ3) is 3.98. The van der Waals surface area contributed by atoms with Crippen molar-refractivity contribution < 1.29 is 14.5 Å². The molecule has 0 amide bonds. The highest BCUT2D eigenvalue weighted by atomic mass is 32.1. The molecule has 0 saturated heterocycles. The Balaban J connectivity index is 2.65. The van der Waals surface area contributed by atoms with Gasteiger partial charge in [0.1, 0.15) is 0 Å². The largest absolute Gasteiger partial charge is 0.466 e. The predicted molar refractivity (Wildman–Crippen MR) is 60.2 cm³/mol. The SMILES string of the molecule is CCOC(=O)C[C@@H](C[N+](=O)[O-])c1ccsc1. The maximum Gasteiger partial charge on any atom is 0.306 e. The molecule has 5 nitrogen and oxygen atoms in total. The summed E-state index contributed by atoms with van der Waals surface area (Å²) in [6, 6.07) is 1.80. The van der Waals surface area contributed by atoms with E-state index in [1.54, 1.807) is 13.0 Å². The van der Waals surface area contributed by atoms with Crippen LogP contribution in [-0.2, 0) is 9.53 Å². The van der Waals surface area contributed by atoms with Crippen molar-refractivity contribution in [3.63, 3.8) is 0 Å². The Morgan fingerprint density at radius 3 is 2.94 bits per heavy atom. The highest BCUT2D eigenvalue weighted by Gasteiger charge is 2.22. The fourth-order valence-electron chi connectivity index (χ4n) is 1.40. The number of ether oxygens (including phenoxy) is 1. The van der Waals surface area contributed by atoms with Gasteiger partial charge in [0.2, 0.25) is 6.54 Å². The van der Waals surface area contributed by atoms with Gasteiger partial charge < -0.3 is 4.74 Å². The molecule has 1 heterocycles. The van der Waals surface area contributed by atoms with Gasteiger partial charge in [-0.1, -0.05) is 0 Å². The highest BCUT2D eigenvalue weighted by Crippen LogP contribution is 2.22. The van der Waals surface area contributed by atoms with Crippen molar-refractivity contribution in [2.75, 3.05) is 13.2 Å². The molecule has 0 aliphatic carbocycles. The Labute approximate surface area is 97.2 Å². The predicted octanol–water partition coefficient (Wildman–Crippen LogP) is 2.06. The number of carbonyl (C=O) groups is 1. The number of hydrogen-bond donors (Lipinski definition) is 0. The summed E-state index contributed by atoms with van der Waals surface area (Å²) in [6.07, 6.45) is 0.0611. The lowest BCUT2D eigenvalue weighted by Crippen LogP contribution is -2.17. The molecule has 1 atom stereocenters. The monoisotopic (exact) mass is 243 g/mol. The van der Waals surface area contributed by atoms with Crippen molar-refractivity contribution in [2.45, 2.75) is 19.3 Å². The van der Waals surface area contributed by atoms with E-state index in [2.05, 4.69) is 0 Å². The van der Waals surface area contributed by atoms with Crippen LogP contribution in [-0.4, -0.2) is 24.0 Å². The zero-order valence-electron chi connectivity index (χ0n) is 8.92. The van der Waals surface area contributed by atoms with Crippen molar-refractivity contribution in [3.8, 4) is 0 Å². The molecule has 1 aromatic heterocycles. The van der Waals surface area contributed by atoms with E-state index in [0.29, 0.717) is 6.61 Å². The summed E-state index contributed by atoms with van der Waals surface area (Å²) >= 11 is 1.46. The Morgan fingerprint density at radius 1 is 1.69 bits per heavy atom. The lowest BCUT2D eigenvalue weighted by atomic mass is 9.99. The maximum absolute atomic E-state index is 11.3. The number of hydrogen-bond acceptors (Lipinski definition) is 5. The van der Waals surface area contributed by atoms with E-state index in [9.17, 15) is 14.9 Å². The van der Waals surface area contributed by atoms with E-state index in [1.807, 2.05) is 10.8 Å². The molecule has 16 heavy (non-hydrogen) atoms. The molecule has 88 valence electrons. The first-order chi connectivity index (χ1) is 7.63. The van der Waals surface area contributed by atoms with Crippen LogP contribution in [0.4, 0.5) is 0 Å². The van der Waals surface area contributed by atoms with Gasteiger partial charge in [-0.2, -0.15) is 11.3 Å². The number of thiophene rings is 1. The van der Waals surface area contributed by atoms with E-state index in [0.717, 1.165) is 5.56 Å². The minimum Gasteiger partial charge on any atom is -0.466 e. The molecule has 1 aromatic rings. The van der Waals surface area contributed by atoms with Crippen molar-refractivity contribution >= 4 is 17.3 Å². The highest BCUT2D eigenvalue weighted by molar-refractivity contribution is 7.07. The zero-order chi connectivity index (χ0) is 12.0. The number of nitro groups is 1. The molecule has 0 aliphatic rings. The molecule has 0 fully saturated rings. The lowest BCUT2D eigenvalue weighted by Gasteiger charge is -2.10. The molecular weight excluding hydrogens is 230 g/mol. The third-order valence-electron chi connectivity index (χ3n) is 2.10. The van der Waals surface area contributed by atoms with E-state index >= 15 is 0 Å². The van der Waals surface area contributed by atoms with Gasteiger partial charge in [-0.3, -0.25) is 14.9 Å². The van der Waals surface area contributed by atoms with Crippen LogP contribution in [0.15, 0.2) is 16.8 Å². The minimum absolute atomic E-state index is 0.0611. The minimum atomic E-state index is -0.401. The first-order valence-electron chi connectivity index (χ1n) is 4.93.